The lowest BCUT2D eigenvalue weighted by Gasteiger charge is -2.15. The third-order valence-corrected chi connectivity index (χ3v) is 3.61. The third kappa shape index (κ3) is 3.08. The standard InChI is InChI=1S/C15H25N/c1-10-9-11(2)14(5)15(13(10)4)8-6-7-12(3)16/h9,12H,6-8,16H2,1-5H3. The zero-order valence-electron chi connectivity index (χ0n) is 11.4. The van der Waals surface area contributed by atoms with E-state index in [1.807, 2.05) is 0 Å². The molecule has 16 heavy (non-hydrogen) atoms. The molecule has 1 unspecified atom stereocenters. The van der Waals surface area contributed by atoms with Gasteiger partial charge in [0, 0.05) is 6.04 Å². The Morgan fingerprint density at radius 3 is 2.00 bits per heavy atom. The van der Waals surface area contributed by atoms with E-state index in [1.54, 1.807) is 0 Å². The summed E-state index contributed by atoms with van der Waals surface area (Å²) in [7, 11) is 0. The summed E-state index contributed by atoms with van der Waals surface area (Å²) in [6.45, 7) is 11.0. The van der Waals surface area contributed by atoms with Crippen molar-refractivity contribution in [2.24, 2.45) is 5.73 Å². The smallest absolute Gasteiger partial charge is 0.00105 e. The zero-order valence-corrected chi connectivity index (χ0v) is 11.4. The highest BCUT2D eigenvalue weighted by molar-refractivity contribution is 5.43. The second-order valence-corrected chi connectivity index (χ2v) is 5.11. The molecule has 2 N–H and O–H groups in total. The van der Waals surface area contributed by atoms with E-state index in [-0.39, 0.29) is 0 Å². The van der Waals surface area contributed by atoms with Crippen molar-refractivity contribution in [3.05, 3.63) is 33.9 Å². The van der Waals surface area contributed by atoms with E-state index in [0.29, 0.717) is 6.04 Å². The number of hydrogen-bond acceptors (Lipinski definition) is 1. The average Bonchev–Trinajstić information content (AvgIpc) is 2.20. The minimum atomic E-state index is 0.325. The number of hydrogen-bond donors (Lipinski definition) is 1. The van der Waals surface area contributed by atoms with Gasteiger partial charge in [-0.05, 0) is 81.7 Å². The van der Waals surface area contributed by atoms with Gasteiger partial charge in [-0.3, -0.25) is 0 Å². The highest BCUT2D eigenvalue weighted by Gasteiger charge is 2.08. The lowest BCUT2D eigenvalue weighted by Crippen LogP contribution is -2.14. The van der Waals surface area contributed by atoms with Crippen LogP contribution in [0.2, 0.25) is 0 Å². The Bertz CT molecular complexity index is 338. The van der Waals surface area contributed by atoms with Gasteiger partial charge in [0.15, 0.2) is 0 Å². The van der Waals surface area contributed by atoms with Crippen molar-refractivity contribution in [2.75, 3.05) is 0 Å². The quantitative estimate of drug-likeness (QED) is 0.823. The van der Waals surface area contributed by atoms with Crippen LogP contribution in [0.3, 0.4) is 0 Å². The van der Waals surface area contributed by atoms with Crippen LogP contribution in [-0.4, -0.2) is 6.04 Å². The normalized spacial score (nSPS) is 12.9. The molecule has 1 rings (SSSR count). The van der Waals surface area contributed by atoms with E-state index in [2.05, 4.69) is 40.7 Å². The van der Waals surface area contributed by atoms with Crippen molar-refractivity contribution in [3.63, 3.8) is 0 Å². The van der Waals surface area contributed by atoms with Gasteiger partial charge in [0.2, 0.25) is 0 Å². The first kappa shape index (κ1) is 13.2. The maximum absolute atomic E-state index is 5.79. The van der Waals surface area contributed by atoms with Gasteiger partial charge in [0.1, 0.15) is 0 Å². The fourth-order valence-electron chi connectivity index (χ4n) is 2.27. The molecule has 1 nitrogen and oxygen atoms in total. The van der Waals surface area contributed by atoms with E-state index < -0.39 is 0 Å². The Kier molecular flexibility index (Phi) is 4.55. The minimum absolute atomic E-state index is 0.325. The summed E-state index contributed by atoms with van der Waals surface area (Å²) in [5.41, 5.74) is 13.1. The predicted octanol–water partition coefficient (Wildman–Crippen LogP) is 3.59. The summed E-state index contributed by atoms with van der Waals surface area (Å²) in [5.74, 6) is 0. The molecule has 0 heterocycles. The van der Waals surface area contributed by atoms with Crippen LogP contribution in [0.4, 0.5) is 0 Å². The molecule has 0 saturated carbocycles. The monoisotopic (exact) mass is 219 g/mol. The van der Waals surface area contributed by atoms with E-state index >= 15 is 0 Å². The number of nitrogens with two attached hydrogens (primary N) is 1. The molecule has 1 aromatic carbocycles. The second-order valence-electron chi connectivity index (χ2n) is 5.11. The summed E-state index contributed by atoms with van der Waals surface area (Å²) < 4.78 is 0. The van der Waals surface area contributed by atoms with Crippen LogP contribution in [0.5, 0.6) is 0 Å². The number of benzene rings is 1. The first-order valence-corrected chi connectivity index (χ1v) is 6.25. The van der Waals surface area contributed by atoms with Crippen molar-refractivity contribution in [2.45, 2.75) is 59.9 Å². The Labute approximate surface area is 100 Å². The van der Waals surface area contributed by atoms with Crippen LogP contribution in [-0.2, 0) is 6.42 Å². The topological polar surface area (TPSA) is 26.0 Å². The van der Waals surface area contributed by atoms with Gasteiger partial charge < -0.3 is 5.73 Å². The molecule has 0 aliphatic carbocycles. The number of rotatable bonds is 4. The molecule has 0 spiro atoms. The van der Waals surface area contributed by atoms with Crippen LogP contribution >= 0.6 is 0 Å². The molecule has 0 radical (unpaired) electrons. The Balaban J connectivity index is 2.86. The van der Waals surface area contributed by atoms with Crippen molar-refractivity contribution in [1.82, 2.24) is 0 Å². The van der Waals surface area contributed by atoms with Crippen LogP contribution in [0, 0.1) is 27.7 Å². The van der Waals surface area contributed by atoms with Crippen molar-refractivity contribution >= 4 is 0 Å². The van der Waals surface area contributed by atoms with Gasteiger partial charge >= 0.3 is 0 Å². The van der Waals surface area contributed by atoms with E-state index in [4.69, 9.17) is 5.73 Å². The van der Waals surface area contributed by atoms with E-state index in [0.717, 1.165) is 6.42 Å². The summed E-state index contributed by atoms with van der Waals surface area (Å²) in [6, 6.07) is 2.62. The third-order valence-electron chi connectivity index (χ3n) is 3.61. The predicted molar refractivity (Wildman–Crippen MR) is 72.0 cm³/mol. The SMILES string of the molecule is Cc1cc(C)c(C)c(CCCC(C)N)c1C. The van der Waals surface area contributed by atoms with E-state index in [1.165, 1.54) is 40.7 Å². The van der Waals surface area contributed by atoms with Gasteiger partial charge in [-0.25, -0.2) is 0 Å². The molecule has 0 saturated heterocycles. The van der Waals surface area contributed by atoms with Gasteiger partial charge in [-0.15, -0.1) is 0 Å². The minimum Gasteiger partial charge on any atom is -0.328 e. The summed E-state index contributed by atoms with van der Waals surface area (Å²) in [4.78, 5) is 0. The molecule has 0 aliphatic rings. The average molecular weight is 219 g/mol. The van der Waals surface area contributed by atoms with Crippen LogP contribution in [0.25, 0.3) is 0 Å². The molecule has 1 atom stereocenters. The largest absolute Gasteiger partial charge is 0.328 e. The molecule has 0 aromatic heterocycles. The first-order valence-electron chi connectivity index (χ1n) is 6.25. The fourth-order valence-corrected chi connectivity index (χ4v) is 2.27. The van der Waals surface area contributed by atoms with Gasteiger partial charge in [0.25, 0.3) is 0 Å². The van der Waals surface area contributed by atoms with Crippen LogP contribution in [0.15, 0.2) is 6.07 Å². The highest BCUT2D eigenvalue weighted by Crippen LogP contribution is 2.23. The molecule has 0 aliphatic heterocycles. The molecule has 0 fully saturated rings. The molecular weight excluding hydrogens is 194 g/mol. The van der Waals surface area contributed by atoms with Crippen molar-refractivity contribution in [1.29, 1.82) is 0 Å². The molecule has 0 bridgehead atoms. The summed E-state index contributed by atoms with van der Waals surface area (Å²) in [6.07, 6.45) is 3.48. The highest BCUT2D eigenvalue weighted by atomic mass is 14.6. The number of aryl methyl sites for hydroxylation is 2. The fraction of sp³-hybridized carbons (Fsp3) is 0.600. The molecule has 1 aromatic rings. The second kappa shape index (κ2) is 5.49. The van der Waals surface area contributed by atoms with Crippen LogP contribution < -0.4 is 5.73 Å². The van der Waals surface area contributed by atoms with Gasteiger partial charge in [-0.1, -0.05) is 6.07 Å². The molecule has 90 valence electrons. The van der Waals surface area contributed by atoms with Crippen molar-refractivity contribution in [3.8, 4) is 0 Å². The lowest BCUT2D eigenvalue weighted by atomic mass is 9.91. The molecule has 1 heteroatoms. The maximum Gasteiger partial charge on any atom is 0.00105 e. The maximum atomic E-state index is 5.79. The zero-order chi connectivity index (χ0) is 12.3. The Morgan fingerprint density at radius 1 is 1.06 bits per heavy atom. The molecular formula is C15H25N. The first-order chi connectivity index (χ1) is 7.43. The van der Waals surface area contributed by atoms with Crippen LogP contribution in [0.1, 0.15) is 47.6 Å². The van der Waals surface area contributed by atoms with Crippen molar-refractivity contribution < 1.29 is 0 Å². The summed E-state index contributed by atoms with van der Waals surface area (Å²) >= 11 is 0. The Morgan fingerprint density at radius 2 is 1.56 bits per heavy atom. The van der Waals surface area contributed by atoms with Gasteiger partial charge in [0.05, 0.1) is 0 Å². The van der Waals surface area contributed by atoms with E-state index in [9.17, 15) is 0 Å². The Hall–Kier alpha value is -0.820. The lowest BCUT2D eigenvalue weighted by molar-refractivity contribution is 0.622. The molecule has 0 amide bonds. The van der Waals surface area contributed by atoms with Gasteiger partial charge in [-0.2, -0.15) is 0 Å². The summed E-state index contributed by atoms with van der Waals surface area (Å²) in [5, 5.41) is 0.